The first-order valence-electron chi connectivity index (χ1n) is 7.97. The van der Waals surface area contributed by atoms with E-state index in [-0.39, 0.29) is 29.9 Å². The Morgan fingerprint density at radius 1 is 1.24 bits per heavy atom. The van der Waals surface area contributed by atoms with Gasteiger partial charge in [0.15, 0.2) is 5.96 Å². The van der Waals surface area contributed by atoms with Gasteiger partial charge in [-0.15, -0.1) is 24.0 Å². The SMILES string of the molecule is CC(=O)N1CCCC(CN=C(N)NC2CCCCC2)C1.I. The van der Waals surface area contributed by atoms with Crippen molar-refractivity contribution >= 4 is 35.8 Å². The molecule has 1 aliphatic heterocycles. The van der Waals surface area contributed by atoms with Crippen LogP contribution in [0.2, 0.25) is 0 Å². The minimum atomic E-state index is 0. The number of nitrogens with zero attached hydrogens (tertiary/aromatic N) is 2. The van der Waals surface area contributed by atoms with E-state index in [0.29, 0.717) is 17.9 Å². The van der Waals surface area contributed by atoms with Gasteiger partial charge in [0.05, 0.1) is 0 Å². The lowest BCUT2D eigenvalue weighted by atomic mass is 9.96. The molecule has 1 unspecified atom stereocenters. The topological polar surface area (TPSA) is 70.7 Å². The maximum atomic E-state index is 11.4. The van der Waals surface area contributed by atoms with Crippen molar-refractivity contribution in [2.24, 2.45) is 16.6 Å². The third-order valence-corrected chi connectivity index (χ3v) is 4.44. The molecule has 21 heavy (non-hydrogen) atoms. The first-order valence-corrected chi connectivity index (χ1v) is 7.97. The number of carbonyl (C=O) groups excluding carboxylic acids is 1. The van der Waals surface area contributed by atoms with Crippen molar-refractivity contribution in [1.82, 2.24) is 10.2 Å². The zero-order chi connectivity index (χ0) is 14.4. The molecule has 1 aliphatic carbocycles. The first-order chi connectivity index (χ1) is 9.65. The van der Waals surface area contributed by atoms with E-state index in [0.717, 1.165) is 32.5 Å². The quantitative estimate of drug-likeness (QED) is 0.427. The second-order valence-electron chi connectivity index (χ2n) is 6.18. The molecular formula is C15H29IN4O. The second kappa shape index (κ2) is 9.48. The van der Waals surface area contributed by atoms with Gasteiger partial charge in [0, 0.05) is 32.6 Å². The number of hydrogen-bond donors (Lipinski definition) is 2. The van der Waals surface area contributed by atoms with Gasteiger partial charge in [0.25, 0.3) is 0 Å². The number of guanidine groups is 1. The number of amides is 1. The van der Waals surface area contributed by atoms with Crippen LogP contribution in [0.4, 0.5) is 0 Å². The number of nitrogens with two attached hydrogens (primary N) is 1. The lowest BCUT2D eigenvalue weighted by Gasteiger charge is -2.31. The lowest BCUT2D eigenvalue weighted by Crippen LogP contribution is -2.42. The van der Waals surface area contributed by atoms with Crippen LogP contribution in [0.25, 0.3) is 0 Å². The molecule has 2 fully saturated rings. The molecule has 1 saturated carbocycles. The molecule has 1 saturated heterocycles. The highest BCUT2D eigenvalue weighted by molar-refractivity contribution is 14.0. The van der Waals surface area contributed by atoms with Crippen LogP contribution in [0.5, 0.6) is 0 Å². The number of halogens is 1. The molecule has 6 heteroatoms. The Balaban J connectivity index is 0.00000220. The number of aliphatic imine (C=N–C) groups is 1. The molecule has 1 amide bonds. The highest BCUT2D eigenvalue weighted by Crippen LogP contribution is 2.18. The predicted octanol–water partition coefficient (Wildman–Crippen LogP) is 2.10. The lowest BCUT2D eigenvalue weighted by molar-refractivity contribution is -0.130. The van der Waals surface area contributed by atoms with Gasteiger partial charge in [-0.3, -0.25) is 9.79 Å². The molecule has 2 rings (SSSR count). The van der Waals surface area contributed by atoms with E-state index >= 15 is 0 Å². The molecule has 0 aromatic carbocycles. The van der Waals surface area contributed by atoms with Crippen molar-refractivity contribution in [3.63, 3.8) is 0 Å². The highest BCUT2D eigenvalue weighted by Gasteiger charge is 2.21. The van der Waals surface area contributed by atoms with Crippen LogP contribution in [-0.2, 0) is 4.79 Å². The van der Waals surface area contributed by atoms with Gasteiger partial charge in [0.1, 0.15) is 0 Å². The van der Waals surface area contributed by atoms with Gasteiger partial charge in [-0.25, -0.2) is 0 Å². The summed E-state index contributed by atoms with van der Waals surface area (Å²) >= 11 is 0. The van der Waals surface area contributed by atoms with Crippen molar-refractivity contribution in [3.8, 4) is 0 Å². The Labute approximate surface area is 145 Å². The molecule has 1 heterocycles. The Kier molecular flexibility index (Phi) is 8.36. The number of nitrogens with one attached hydrogen (secondary N) is 1. The van der Waals surface area contributed by atoms with E-state index in [2.05, 4.69) is 10.3 Å². The van der Waals surface area contributed by atoms with Crippen LogP contribution in [0, 0.1) is 5.92 Å². The monoisotopic (exact) mass is 408 g/mol. The van der Waals surface area contributed by atoms with E-state index in [1.54, 1.807) is 6.92 Å². The number of likely N-dealkylation sites (tertiary alicyclic amines) is 1. The third-order valence-electron chi connectivity index (χ3n) is 4.44. The van der Waals surface area contributed by atoms with Crippen LogP contribution >= 0.6 is 24.0 Å². The van der Waals surface area contributed by atoms with Gasteiger partial charge in [0.2, 0.25) is 5.91 Å². The number of rotatable bonds is 3. The van der Waals surface area contributed by atoms with Crippen molar-refractivity contribution < 1.29 is 4.79 Å². The molecular weight excluding hydrogens is 379 g/mol. The third kappa shape index (κ3) is 6.40. The Hall–Kier alpha value is -0.530. The Morgan fingerprint density at radius 3 is 2.62 bits per heavy atom. The average molecular weight is 408 g/mol. The fourth-order valence-electron chi connectivity index (χ4n) is 3.23. The van der Waals surface area contributed by atoms with Crippen LogP contribution in [0.3, 0.4) is 0 Å². The fourth-order valence-corrected chi connectivity index (χ4v) is 3.23. The van der Waals surface area contributed by atoms with E-state index < -0.39 is 0 Å². The molecule has 1 atom stereocenters. The minimum Gasteiger partial charge on any atom is -0.370 e. The minimum absolute atomic E-state index is 0. The summed E-state index contributed by atoms with van der Waals surface area (Å²) in [7, 11) is 0. The Bertz CT molecular complexity index is 356. The summed E-state index contributed by atoms with van der Waals surface area (Å²) in [6, 6.07) is 0.507. The summed E-state index contributed by atoms with van der Waals surface area (Å²) in [5.41, 5.74) is 5.97. The first kappa shape index (κ1) is 18.5. The van der Waals surface area contributed by atoms with Gasteiger partial charge in [-0.1, -0.05) is 19.3 Å². The molecule has 0 radical (unpaired) electrons. The second-order valence-corrected chi connectivity index (χ2v) is 6.18. The summed E-state index contributed by atoms with van der Waals surface area (Å²) in [4.78, 5) is 17.8. The van der Waals surface area contributed by atoms with Gasteiger partial charge in [-0.05, 0) is 31.6 Å². The summed E-state index contributed by atoms with van der Waals surface area (Å²) in [6.07, 6.45) is 8.57. The molecule has 5 nitrogen and oxygen atoms in total. The smallest absolute Gasteiger partial charge is 0.219 e. The molecule has 0 bridgehead atoms. The zero-order valence-electron chi connectivity index (χ0n) is 13.0. The molecule has 0 aromatic rings. The van der Waals surface area contributed by atoms with E-state index in [1.165, 1.54) is 32.1 Å². The van der Waals surface area contributed by atoms with Crippen LogP contribution in [0.15, 0.2) is 4.99 Å². The standard InChI is InChI=1S/C15H28N4O.HI/c1-12(20)19-9-5-6-13(11-19)10-17-15(16)18-14-7-3-2-4-8-14;/h13-14H,2-11H2,1H3,(H3,16,17,18);1H. The van der Waals surface area contributed by atoms with Crippen LogP contribution < -0.4 is 11.1 Å². The van der Waals surface area contributed by atoms with E-state index in [1.807, 2.05) is 4.90 Å². The highest BCUT2D eigenvalue weighted by atomic mass is 127. The zero-order valence-corrected chi connectivity index (χ0v) is 15.3. The summed E-state index contributed by atoms with van der Waals surface area (Å²) < 4.78 is 0. The largest absolute Gasteiger partial charge is 0.370 e. The van der Waals surface area contributed by atoms with E-state index in [9.17, 15) is 4.79 Å². The molecule has 3 N–H and O–H groups in total. The van der Waals surface area contributed by atoms with E-state index in [4.69, 9.17) is 5.73 Å². The molecule has 0 aromatic heterocycles. The number of piperidine rings is 1. The summed E-state index contributed by atoms with van der Waals surface area (Å²) in [5, 5.41) is 3.34. The number of hydrogen-bond acceptors (Lipinski definition) is 2. The van der Waals surface area contributed by atoms with Gasteiger partial charge in [-0.2, -0.15) is 0 Å². The average Bonchev–Trinajstić information content (AvgIpc) is 2.46. The van der Waals surface area contributed by atoms with Crippen molar-refractivity contribution in [2.75, 3.05) is 19.6 Å². The molecule has 122 valence electrons. The van der Waals surface area contributed by atoms with Gasteiger partial charge >= 0.3 is 0 Å². The van der Waals surface area contributed by atoms with Crippen LogP contribution in [0.1, 0.15) is 51.9 Å². The molecule has 0 spiro atoms. The normalized spacial score (nSPS) is 24.3. The Morgan fingerprint density at radius 2 is 1.95 bits per heavy atom. The van der Waals surface area contributed by atoms with Crippen molar-refractivity contribution in [2.45, 2.75) is 57.9 Å². The summed E-state index contributed by atoms with van der Waals surface area (Å²) in [5.74, 6) is 1.21. The van der Waals surface area contributed by atoms with Gasteiger partial charge < -0.3 is 16.0 Å². The summed E-state index contributed by atoms with van der Waals surface area (Å²) in [6.45, 7) is 4.10. The predicted molar refractivity (Wildman–Crippen MR) is 96.9 cm³/mol. The van der Waals surface area contributed by atoms with Crippen LogP contribution in [-0.4, -0.2) is 42.4 Å². The van der Waals surface area contributed by atoms with Crippen molar-refractivity contribution in [3.05, 3.63) is 0 Å². The fraction of sp³-hybridized carbons (Fsp3) is 0.867. The van der Waals surface area contributed by atoms with Crippen molar-refractivity contribution in [1.29, 1.82) is 0 Å². The molecule has 2 aliphatic rings. The number of carbonyl (C=O) groups is 1. The maximum absolute atomic E-state index is 11.4. The maximum Gasteiger partial charge on any atom is 0.219 e.